The van der Waals surface area contributed by atoms with Gasteiger partial charge >= 0.3 is 0 Å². The highest BCUT2D eigenvalue weighted by atomic mass is 32.2. The average molecular weight is 351 g/mol. The van der Waals surface area contributed by atoms with Crippen molar-refractivity contribution in [2.24, 2.45) is 0 Å². The fourth-order valence-corrected chi connectivity index (χ4v) is 3.68. The van der Waals surface area contributed by atoms with E-state index in [9.17, 15) is 13.2 Å². The maximum absolute atomic E-state index is 12.7. The Labute approximate surface area is 144 Å². The van der Waals surface area contributed by atoms with Gasteiger partial charge in [-0.05, 0) is 25.1 Å². The third-order valence-corrected chi connectivity index (χ3v) is 5.36. The lowest BCUT2D eigenvalue weighted by Gasteiger charge is -2.26. The van der Waals surface area contributed by atoms with Gasteiger partial charge in [0.1, 0.15) is 0 Å². The highest BCUT2D eigenvalue weighted by Gasteiger charge is 2.24. The second kappa shape index (κ2) is 8.41. The molecule has 1 fully saturated rings. The van der Waals surface area contributed by atoms with Gasteiger partial charge in [0.05, 0.1) is 12.8 Å². The largest absolute Gasteiger partial charge is 0.308 e. The van der Waals surface area contributed by atoms with E-state index in [4.69, 9.17) is 0 Å². The predicted molar refractivity (Wildman–Crippen MR) is 96.5 cm³/mol. The zero-order valence-corrected chi connectivity index (χ0v) is 14.9. The monoisotopic (exact) mass is 351 g/mol. The van der Waals surface area contributed by atoms with Gasteiger partial charge in [-0.15, -0.1) is 6.58 Å². The number of para-hydroxylation sites is 1. The van der Waals surface area contributed by atoms with Crippen molar-refractivity contribution in [1.29, 1.82) is 0 Å². The van der Waals surface area contributed by atoms with E-state index in [1.54, 1.807) is 11.0 Å². The maximum Gasteiger partial charge on any atom is 0.241 e. The number of rotatable bonds is 6. The number of nitrogens with zero attached hydrogens (tertiary/aromatic N) is 3. The fourth-order valence-electron chi connectivity index (χ4n) is 2.80. The Kier molecular flexibility index (Phi) is 6.53. The van der Waals surface area contributed by atoms with E-state index in [1.807, 2.05) is 35.2 Å². The summed E-state index contributed by atoms with van der Waals surface area (Å²) >= 11 is 0. The smallest absolute Gasteiger partial charge is 0.241 e. The summed E-state index contributed by atoms with van der Waals surface area (Å²) in [5.41, 5.74) is 0.843. The minimum atomic E-state index is -3.17. The fraction of sp³-hybridized carbons (Fsp3) is 0.471. The first kappa shape index (κ1) is 18.6. The number of anilines is 1. The standard InChI is InChI=1S/C17H25N3O3S/c1-3-10-20(16-8-5-4-6-9-16)17(21)15-18-11-7-12-19(14-13-18)24(2,22)23/h3-6,8-9H,1,7,10-15H2,2H3. The van der Waals surface area contributed by atoms with Crippen molar-refractivity contribution in [2.75, 3.05) is 50.4 Å². The SMILES string of the molecule is C=CCN(C(=O)CN1CCCN(S(C)(=O)=O)CC1)c1ccccc1. The zero-order valence-electron chi connectivity index (χ0n) is 14.1. The van der Waals surface area contributed by atoms with Crippen molar-refractivity contribution in [3.63, 3.8) is 0 Å². The molecule has 1 aromatic rings. The van der Waals surface area contributed by atoms with Crippen molar-refractivity contribution in [3.05, 3.63) is 43.0 Å². The third-order valence-electron chi connectivity index (χ3n) is 4.06. The van der Waals surface area contributed by atoms with Gasteiger partial charge in [0.25, 0.3) is 0 Å². The van der Waals surface area contributed by atoms with Gasteiger partial charge < -0.3 is 4.90 Å². The molecule has 1 saturated heterocycles. The summed E-state index contributed by atoms with van der Waals surface area (Å²) in [6.07, 6.45) is 3.67. The van der Waals surface area contributed by atoms with E-state index in [1.165, 1.54) is 10.6 Å². The molecule has 0 aromatic heterocycles. The number of carbonyl (C=O) groups is 1. The molecule has 24 heavy (non-hydrogen) atoms. The summed E-state index contributed by atoms with van der Waals surface area (Å²) in [6, 6.07) is 9.50. The predicted octanol–water partition coefficient (Wildman–Crippen LogP) is 1.17. The summed E-state index contributed by atoms with van der Waals surface area (Å²) in [5, 5.41) is 0. The van der Waals surface area contributed by atoms with E-state index in [0.717, 1.165) is 12.1 Å². The van der Waals surface area contributed by atoms with Crippen LogP contribution in [0.15, 0.2) is 43.0 Å². The molecular weight excluding hydrogens is 326 g/mol. The summed E-state index contributed by atoms with van der Waals surface area (Å²) in [7, 11) is -3.17. The average Bonchev–Trinajstić information content (AvgIpc) is 2.78. The van der Waals surface area contributed by atoms with E-state index < -0.39 is 10.0 Å². The van der Waals surface area contributed by atoms with Crippen molar-refractivity contribution in [2.45, 2.75) is 6.42 Å². The molecule has 0 atom stereocenters. The number of benzene rings is 1. The molecule has 1 aromatic carbocycles. The Morgan fingerprint density at radius 2 is 1.92 bits per heavy atom. The summed E-state index contributed by atoms with van der Waals surface area (Å²) in [4.78, 5) is 16.4. The molecule has 132 valence electrons. The van der Waals surface area contributed by atoms with Gasteiger partial charge in [-0.25, -0.2) is 12.7 Å². The first-order valence-corrected chi connectivity index (χ1v) is 9.90. The van der Waals surface area contributed by atoms with Crippen LogP contribution in [0.25, 0.3) is 0 Å². The molecule has 0 saturated carbocycles. The van der Waals surface area contributed by atoms with Gasteiger partial charge in [-0.2, -0.15) is 0 Å². The van der Waals surface area contributed by atoms with Gasteiger partial charge in [0.2, 0.25) is 15.9 Å². The van der Waals surface area contributed by atoms with Crippen LogP contribution in [0, 0.1) is 0 Å². The van der Waals surface area contributed by atoms with Gasteiger partial charge in [-0.3, -0.25) is 9.69 Å². The summed E-state index contributed by atoms with van der Waals surface area (Å²) in [6.45, 7) is 6.68. The molecule has 0 bridgehead atoms. The Morgan fingerprint density at radius 1 is 1.21 bits per heavy atom. The molecule has 0 aliphatic carbocycles. The maximum atomic E-state index is 12.7. The number of carbonyl (C=O) groups excluding carboxylic acids is 1. The van der Waals surface area contributed by atoms with Crippen molar-refractivity contribution >= 4 is 21.6 Å². The molecule has 0 radical (unpaired) electrons. The number of hydrogen-bond acceptors (Lipinski definition) is 4. The molecule has 1 heterocycles. The van der Waals surface area contributed by atoms with Gasteiger partial charge in [0, 0.05) is 31.9 Å². The normalized spacial score (nSPS) is 17.2. The zero-order chi connectivity index (χ0) is 17.6. The van der Waals surface area contributed by atoms with Crippen molar-refractivity contribution < 1.29 is 13.2 Å². The topological polar surface area (TPSA) is 60.9 Å². The summed E-state index contributed by atoms with van der Waals surface area (Å²) < 4.78 is 24.8. The number of amides is 1. The molecule has 1 aliphatic rings. The Morgan fingerprint density at radius 3 is 2.54 bits per heavy atom. The Bertz CT molecular complexity index is 661. The molecule has 0 unspecified atom stereocenters. The van der Waals surface area contributed by atoms with E-state index in [-0.39, 0.29) is 12.5 Å². The van der Waals surface area contributed by atoms with Crippen LogP contribution in [-0.4, -0.2) is 69.1 Å². The molecule has 1 amide bonds. The van der Waals surface area contributed by atoms with Crippen LogP contribution in [0.4, 0.5) is 5.69 Å². The van der Waals surface area contributed by atoms with Crippen LogP contribution in [-0.2, 0) is 14.8 Å². The first-order chi connectivity index (χ1) is 11.4. The lowest BCUT2D eigenvalue weighted by Crippen LogP contribution is -2.42. The number of sulfonamides is 1. The highest BCUT2D eigenvalue weighted by Crippen LogP contribution is 2.14. The minimum Gasteiger partial charge on any atom is -0.308 e. The van der Waals surface area contributed by atoms with Crippen LogP contribution >= 0.6 is 0 Å². The second-order valence-corrected chi connectivity index (χ2v) is 7.90. The van der Waals surface area contributed by atoms with Gasteiger partial charge in [0.15, 0.2) is 0 Å². The first-order valence-electron chi connectivity index (χ1n) is 8.05. The van der Waals surface area contributed by atoms with Crippen LogP contribution in [0.3, 0.4) is 0 Å². The highest BCUT2D eigenvalue weighted by molar-refractivity contribution is 7.88. The number of hydrogen-bond donors (Lipinski definition) is 0. The molecular formula is C17H25N3O3S. The summed E-state index contributed by atoms with van der Waals surface area (Å²) in [5.74, 6) is -0.00564. The third kappa shape index (κ3) is 5.15. The Hall–Kier alpha value is -1.70. The van der Waals surface area contributed by atoms with E-state index >= 15 is 0 Å². The van der Waals surface area contributed by atoms with Crippen LogP contribution in [0.2, 0.25) is 0 Å². The van der Waals surface area contributed by atoms with Crippen LogP contribution < -0.4 is 4.90 Å². The van der Waals surface area contributed by atoms with E-state index in [2.05, 4.69) is 6.58 Å². The van der Waals surface area contributed by atoms with Gasteiger partial charge in [-0.1, -0.05) is 24.3 Å². The lowest BCUT2D eigenvalue weighted by atomic mass is 10.2. The molecule has 7 heteroatoms. The molecule has 0 N–H and O–H groups in total. The second-order valence-electron chi connectivity index (χ2n) is 5.92. The molecule has 1 aliphatic heterocycles. The quantitative estimate of drug-likeness (QED) is 0.722. The molecule has 6 nitrogen and oxygen atoms in total. The minimum absolute atomic E-state index is 0.00564. The lowest BCUT2D eigenvalue weighted by molar-refractivity contribution is -0.119. The van der Waals surface area contributed by atoms with Crippen LogP contribution in [0.5, 0.6) is 0 Å². The van der Waals surface area contributed by atoms with E-state index in [0.29, 0.717) is 32.7 Å². The van der Waals surface area contributed by atoms with Crippen LogP contribution in [0.1, 0.15) is 6.42 Å². The Balaban J connectivity index is 2.01. The van der Waals surface area contributed by atoms with Crippen molar-refractivity contribution in [1.82, 2.24) is 9.21 Å². The van der Waals surface area contributed by atoms with Crippen molar-refractivity contribution in [3.8, 4) is 0 Å². The molecule has 2 rings (SSSR count). The molecule has 0 spiro atoms.